The third-order valence-corrected chi connectivity index (χ3v) is 3.62. The number of benzene rings is 1. The lowest BCUT2D eigenvalue weighted by Crippen LogP contribution is -2.08. The summed E-state index contributed by atoms with van der Waals surface area (Å²) in [5.74, 6) is -1.76. The Bertz CT molecular complexity index is 717. The molecule has 6 heteroatoms. The Kier molecular flexibility index (Phi) is 3.61. The fourth-order valence-corrected chi connectivity index (χ4v) is 2.49. The van der Waals surface area contributed by atoms with E-state index in [4.69, 9.17) is 9.52 Å². The van der Waals surface area contributed by atoms with E-state index < -0.39 is 17.3 Å². The minimum atomic E-state index is -1.34. The number of fused-ring (bicyclic) bond motifs is 1. The highest BCUT2D eigenvalue weighted by atomic mass is 79.9. The molecule has 0 bridgehead atoms. The third-order valence-electron chi connectivity index (χ3n) is 2.81. The Morgan fingerprint density at radius 3 is 2.68 bits per heavy atom. The molecule has 0 aliphatic carbocycles. The Morgan fingerprint density at radius 1 is 1.42 bits per heavy atom. The van der Waals surface area contributed by atoms with E-state index in [0.717, 1.165) is 6.42 Å². The highest BCUT2D eigenvalue weighted by Crippen LogP contribution is 2.31. The number of carboxylic acids is 1. The lowest BCUT2D eigenvalue weighted by atomic mass is 10.0. The highest BCUT2D eigenvalue weighted by Gasteiger charge is 2.20. The number of aryl methyl sites for hydroxylation is 1. The van der Waals surface area contributed by atoms with Crippen molar-refractivity contribution in [1.82, 2.24) is 0 Å². The zero-order valence-corrected chi connectivity index (χ0v) is 11.7. The molecule has 0 atom stereocenters. The van der Waals surface area contributed by atoms with Gasteiger partial charge >= 0.3 is 11.6 Å². The normalized spacial score (nSPS) is 10.8. The second kappa shape index (κ2) is 5.05. The molecule has 0 aliphatic rings. The SMILES string of the molecule is CCCc1c(Br)c(=O)oc2c(C(=O)O)c(O)ccc12. The first-order valence-electron chi connectivity index (χ1n) is 5.67. The van der Waals surface area contributed by atoms with Crippen molar-refractivity contribution < 1.29 is 19.4 Å². The van der Waals surface area contributed by atoms with Crippen LogP contribution in [0.1, 0.15) is 29.3 Å². The van der Waals surface area contributed by atoms with Gasteiger partial charge in [0.05, 0.1) is 0 Å². The van der Waals surface area contributed by atoms with Crippen LogP contribution >= 0.6 is 15.9 Å². The van der Waals surface area contributed by atoms with Gasteiger partial charge in [0.2, 0.25) is 0 Å². The summed E-state index contributed by atoms with van der Waals surface area (Å²) in [6.45, 7) is 1.95. The lowest BCUT2D eigenvalue weighted by Gasteiger charge is -2.09. The second-order valence-electron chi connectivity index (χ2n) is 4.07. The summed E-state index contributed by atoms with van der Waals surface area (Å²) in [6.07, 6.45) is 1.40. The van der Waals surface area contributed by atoms with E-state index in [-0.39, 0.29) is 11.1 Å². The molecule has 19 heavy (non-hydrogen) atoms. The molecule has 5 nitrogen and oxygen atoms in total. The number of hydrogen-bond donors (Lipinski definition) is 2. The van der Waals surface area contributed by atoms with Crippen molar-refractivity contribution >= 4 is 32.9 Å². The average Bonchev–Trinajstić information content (AvgIpc) is 2.34. The number of aromatic carboxylic acids is 1. The summed E-state index contributed by atoms with van der Waals surface area (Å²) >= 11 is 3.17. The van der Waals surface area contributed by atoms with E-state index in [0.29, 0.717) is 21.8 Å². The number of phenols is 1. The predicted molar refractivity (Wildman–Crippen MR) is 72.8 cm³/mol. The van der Waals surface area contributed by atoms with Crippen LogP contribution in [-0.4, -0.2) is 16.2 Å². The molecule has 2 rings (SSSR count). The summed E-state index contributed by atoms with van der Waals surface area (Å²) in [4.78, 5) is 22.9. The van der Waals surface area contributed by atoms with E-state index in [1.165, 1.54) is 6.07 Å². The van der Waals surface area contributed by atoms with Gasteiger partial charge in [0.1, 0.15) is 15.8 Å². The lowest BCUT2D eigenvalue weighted by molar-refractivity contribution is 0.0694. The average molecular weight is 327 g/mol. The first-order valence-corrected chi connectivity index (χ1v) is 6.47. The summed E-state index contributed by atoms with van der Waals surface area (Å²) in [5, 5.41) is 19.2. The topological polar surface area (TPSA) is 87.7 Å². The molecule has 2 aromatic rings. The molecule has 0 radical (unpaired) electrons. The number of carbonyl (C=O) groups is 1. The minimum Gasteiger partial charge on any atom is -0.507 e. The molecule has 1 aromatic heterocycles. The molecule has 2 N–H and O–H groups in total. The standard InChI is InChI=1S/C13H11BrO5/c1-2-3-6-7-4-5-8(15)9(12(16)17)11(7)19-13(18)10(6)14/h4-5,15H,2-3H2,1H3,(H,16,17). The van der Waals surface area contributed by atoms with Crippen LogP contribution in [0.4, 0.5) is 0 Å². The minimum absolute atomic E-state index is 0.0934. The van der Waals surface area contributed by atoms with Gasteiger partial charge in [-0.1, -0.05) is 13.3 Å². The number of hydrogen-bond acceptors (Lipinski definition) is 4. The maximum atomic E-state index is 11.7. The van der Waals surface area contributed by atoms with Crippen molar-refractivity contribution in [3.05, 3.63) is 38.2 Å². The fourth-order valence-electron chi connectivity index (χ4n) is 2.00. The van der Waals surface area contributed by atoms with Crippen molar-refractivity contribution in [2.24, 2.45) is 0 Å². The first kappa shape index (κ1) is 13.6. The fraction of sp³-hybridized carbons (Fsp3) is 0.231. The molecule has 1 aromatic carbocycles. The quantitative estimate of drug-likeness (QED) is 0.847. The van der Waals surface area contributed by atoms with Crippen LogP contribution < -0.4 is 5.63 Å². The molecule has 0 unspecified atom stereocenters. The molecule has 0 saturated heterocycles. The van der Waals surface area contributed by atoms with Crippen LogP contribution in [0.3, 0.4) is 0 Å². The molecule has 1 heterocycles. The third kappa shape index (κ3) is 2.23. The van der Waals surface area contributed by atoms with E-state index in [1.54, 1.807) is 6.07 Å². The summed E-state index contributed by atoms with van der Waals surface area (Å²) in [7, 11) is 0. The molecule has 0 amide bonds. The van der Waals surface area contributed by atoms with Gasteiger partial charge in [0, 0.05) is 5.39 Å². The van der Waals surface area contributed by atoms with Gasteiger partial charge in [-0.25, -0.2) is 9.59 Å². The van der Waals surface area contributed by atoms with Crippen molar-refractivity contribution in [1.29, 1.82) is 0 Å². The number of carboxylic acid groups (broad SMARTS) is 1. The zero-order valence-electron chi connectivity index (χ0n) is 10.1. The summed E-state index contributed by atoms with van der Waals surface area (Å²) in [6, 6.07) is 2.84. The molecule has 0 spiro atoms. The molecule has 100 valence electrons. The van der Waals surface area contributed by atoms with Crippen molar-refractivity contribution in [3.63, 3.8) is 0 Å². The van der Waals surface area contributed by atoms with E-state index in [2.05, 4.69) is 15.9 Å². The Balaban J connectivity index is 2.97. The van der Waals surface area contributed by atoms with E-state index in [1.807, 2.05) is 6.92 Å². The van der Waals surface area contributed by atoms with Gasteiger partial charge < -0.3 is 14.6 Å². The number of halogens is 1. The highest BCUT2D eigenvalue weighted by molar-refractivity contribution is 9.10. The monoisotopic (exact) mass is 326 g/mol. The largest absolute Gasteiger partial charge is 0.507 e. The first-order chi connectivity index (χ1) is 8.97. The molecule has 0 saturated carbocycles. The number of aromatic hydroxyl groups is 1. The smallest absolute Gasteiger partial charge is 0.350 e. The Labute approximate surface area is 116 Å². The molecular weight excluding hydrogens is 316 g/mol. The maximum absolute atomic E-state index is 11.7. The predicted octanol–water partition coefficient (Wildman–Crippen LogP) is 2.91. The van der Waals surface area contributed by atoms with Crippen LogP contribution in [0.25, 0.3) is 11.0 Å². The van der Waals surface area contributed by atoms with Gasteiger partial charge in [-0.2, -0.15) is 0 Å². The second-order valence-corrected chi connectivity index (χ2v) is 4.87. The van der Waals surface area contributed by atoms with Gasteiger partial charge in [0.25, 0.3) is 0 Å². The van der Waals surface area contributed by atoms with Crippen LogP contribution in [-0.2, 0) is 6.42 Å². The van der Waals surface area contributed by atoms with Gasteiger partial charge in [0.15, 0.2) is 5.58 Å². The van der Waals surface area contributed by atoms with Crippen molar-refractivity contribution in [2.75, 3.05) is 0 Å². The molecular formula is C13H11BrO5. The van der Waals surface area contributed by atoms with Crippen LogP contribution in [0.15, 0.2) is 25.8 Å². The van der Waals surface area contributed by atoms with E-state index >= 15 is 0 Å². The number of rotatable bonds is 3. The van der Waals surface area contributed by atoms with Crippen LogP contribution in [0.2, 0.25) is 0 Å². The van der Waals surface area contributed by atoms with E-state index in [9.17, 15) is 14.7 Å². The maximum Gasteiger partial charge on any atom is 0.350 e. The Morgan fingerprint density at radius 2 is 2.11 bits per heavy atom. The van der Waals surface area contributed by atoms with Gasteiger partial charge in [-0.3, -0.25) is 0 Å². The van der Waals surface area contributed by atoms with Crippen molar-refractivity contribution in [2.45, 2.75) is 19.8 Å². The van der Waals surface area contributed by atoms with Crippen LogP contribution in [0.5, 0.6) is 5.75 Å². The van der Waals surface area contributed by atoms with Crippen molar-refractivity contribution in [3.8, 4) is 5.75 Å². The molecule has 0 aliphatic heterocycles. The summed E-state index contributed by atoms with van der Waals surface area (Å²) < 4.78 is 5.30. The van der Waals surface area contributed by atoms with Gasteiger partial charge in [-0.15, -0.1) is 0 Å². The Hall–Kier alpha value is -1.82. The molecule has 0 fully saturated rings. The summed E-state index contributed by atoms with van der Waals surface area (Å²) in [5.41, 5.74) is -0.441. The van der Waals surface area contributed by atoms with Gasteiger partial charge in [-0.05, 0) is 40.0 Å². The van der Waals surface area contributed by atoms with Crippen LogP contribution in [0, 0.1) is 0 Å². The zero-order chi connectivity index (χ0) is 14.2.